The molecule has 0 atom stereocenters. The summed E-state index contributed by atoms with van der Waals surface area (Å²) in [4.78, 5) is 17.4. The molecule has 146 valence electrons. The lowest BCUT2D eigenvalue weighted by Gasteiger charge is -2.34. The third kappa shape index (κ3) is 4.55. The van der Waals surface area contributed by atoms with Crippen LogP contribution in [0.3, 0.4) is 0 Å². The molecule has 0 aliphatic carbocycles. The van der Waals surface area contributed by atoms with Crippen molar-refractivity contribution in [1.29, 1.82) is 0 Å². The van der Waals surface area contributed by atoms with Gasteiger partial charge in [0.1, 0.15) is 17.3 Å². The molecule has 1 aliphatic rings. The van der Waals surface area contributed by atoms with Crippen LogP contribution in [0.15, 0.2) is 47.4 Å². The van der Waals surface area contributed by atoms with Gasteiger partial charge >= 0.3 is 0 Å². The SMILES string of the molecule is COc1ccc(OCc2noc(CN3CCN(c4cnccn4)CC3)n2)cc1. The summed E-state index contributed by atoms with van der Waals surface area (Å²) in [6.07, 6.45) is 5.20. The molecule has 0 bridgehead atoms. The van der Waals surface area contributed by atoms with Crippen LogP contribution in [-0.4, -0.2) is 58.3 Å². The molecule has 0 spiro atoms. The predicted octanol–water partition coefficient (Wildman–Crippen LogP) is 1.77. The molecule has 3 aromatic rings. The number of piperazine rings is 1. The summed E-state index contributed by atoms with van der Waals surface area (Å²) in [7, 11) is 1.63. The maximum atomic E-state index is 5.68. The maximum Gasteiger partial charge on any atom is 0.240 e. The predicted molar refractivity (Wildman–Crippen MR) is 101 cm³/mol. The lowest BCUT2D eigenvalue weighted by atomic mass is 10.3. The normalized spacial score (nSPS) is 14.8. The van der Waals surface area contributed by atoms with Crippen molar-refractivity contribution in [3.8, 4) is 11.5 Å². The molecule has 1 aromatic carbocycles. The molecular weight excluding hydrogens is 360 g/mol. The summed E-state index contributed by atoms with van der Waals surface area (Å²) >= 11 is 0. The maximum absolute atomic E-state index is 5.68. The van der Waals surface area contributed by atoms with E-state index in [1.165, 1.54) is 0 Å². The van der Waals surface area contributed by atoms with E-state index in [-0.39, 0.29) is 6.61 Å². The van der Waals surface area contributed by atoms with Crippen molar-refractivity contribution in [3.63, 3.8) is 0 Å². The molecular formula is C19H22N6O3. The van der Waals surface area contributed by atoms with Crippen LogP contribution in [0.5, 0.6) is 11.5 Å². The van der Waals surface area contributed by atoms with Gasteiger partial charge in [-0.2, -0.15) is 4.98 Å². The number of rotatable bonds is 7. The number of anilines is 1. The number of hydrogen-bond donors (Lipinski definition) is 0. The first kappa shape index (κ1) is 18.2. The fraction of sp³-hybridized carbons (Fsp3) is 0.368. The van der Waals surface area contributed by atoms with Gasteiger partial charge in [0.25, 0.3) is 0 Å². The monoisotopic (exact) mass is 382 g/mol. The fourth-order valence-corrected chi connectivity index (χ4v) is 3.01. The number of benzene rings is 1. The Morgan fingerprint density at radius 2 is 1.82 bits per heavy atom. The van der Waals surface area contributed by atoms with E-state index in [2.05, 4.69) is 29.9 Å². The van der Waals surface area contributed by atoms with E-state index in [0.29, 0.717) is 18.3 Å². The molecule has 1 fully saturated rings. The Hall–Kier alpha value is -3.20. The third-order valence-corrected chi connectivity index (χ3v) is 4.54. The van der Waals surface area contributed by atoms with Crippen LogP contribution in [-0.2, 0) is 13.2 Å². The van der Waals surface area contributed by atoms with Crippen LogP contribution in [0.25, 0.3) is 0 Å². The van der Waals surface area contributed by atoms with Gasteiger partial charge in [0.05, 0.1) is 19.9 Å². The first-order valence-corrected chi connectivity index (χ1v) is 9.12. The van der Waals surface area contributed by atoms with Crippen LogP contribution in [0.4, 0.5) is 5.82 Å². The van der Waals surface area contributed by atoms with Crippen molar-refractivity contribution >= 4 is 5.82 Å². The summed E-state index contributed by atoms with van der Waals surface area (Å²) < 4.78 is 16.2. The van der Waals surface area contributed by atoms with E-state index in [1.54, 1.807) is 25.7 Å². The van der Waals surface area contributed by atoms with Gasteiger partial charge in [0.15, 0.2) is 6.61 Å². The minimum absolute atomic E-state index is 0.260. The lowest BCUT2D eigenvalue weighted by Crippen LogP contribution is -2.46. The lowest BCUT2D eigenvalue weighted by molar-refractivity contribution is 0.214. The Bertz CT molecular complexity index is 863. The minimum atomic E-state index is 0.260. The van der Waals surface area contributed by atoms with E-state index in [4.69, 9.17) is 14.0 Å². The van der Waals surface area contributed by atoms with Crippen LogP contribution in [0.2, 0.25) is 0 Å². The highest BCUT2D eigenvalue weighted by Gasteiger charge is 2.20. The summed E-state index contributed by atoms with van der Waals surface area (Å²) in [5.41, 5.74) is 0. The molecule has 9 heteroatoms. The molecule has 0 amide bonds. The second-order valence-corrected chi connectivity index (χ2v) is 6.40. The van der Waals surface area contributed by atoms with Crippen LogP contribution in [0, 0.1) is 0 Å². The number of aromatic nitrogens is 4. The highest BCUT2D eigenvalue weighted by molar-refractivity contribution is 5.35. The van der Waals surface area contributed by atoms with Gasteiger partial charge in [0, 0.05) is 38.6 Å². The van der Waals surface area contributed by atoms with Gasteiger partial charge in [-0.15, -0.1) is 0 Å². The smallest absolute Gasteiger partial charge is 0.240 e. The van der Waals surface area contributed by atoms with E-state index < -0.39 is 0 Å². The van der Waals surface area contributed by atoms with E-state index in [9.17, 15) is 0 Å². The van der Waals surface area contributed by atoms with Crippen molar-refractivity contribution in [2.24, 2.45) is 0 Å². The van der Waals surface area contributed by atoms with Crippen molar-refractivity contribution in [2.45, 2.75) is 13.2 Å². The minimum Gasteiger partial charge on any atom is -0.497 e. The zero-order valence-corrected chi connectivity index (χ0v) is 15.7. The van der Waals surface area contributed by atoms with Gasteiger partial charge in [-0.25, -0.2) is 4.98 Å². The zero-order valence-electron chi connectivity index (χ0n) is 15.7. The standard InChI is InChI=1S/C19H22N6O3/c1-26-15-2-4-16(5-3-15)27-14-17-22-19(28-23-17)13-24-8-10-25(11-9-24)18-12-20-6-7-21-18/h2-7,12H,8-11,13-14H2,1H3. The van der Waals surface area contributed by atoms with Gasteiger partial charge < -0.3 is 18.9 Å². The van der Waals surface area contributed by atoms with Crippen molar-refractivity contribution in [2.75, 3.05) is 38.2 Å². The molecule has 1 saturated heterocycles. The molecule has 2 aromatic heterocycles. The van der Waals surface area contributed by atoms with Crippen LogP contribution >= 0.6 is 0 Å². The van der Waals surface area contributed by atoms with Crippen LogP contribution < -0.4 is 14.4 Å². The first-order chi connectivity index (χ1) is 13.8. The second-order valence-electron chi connectivity index (χ2n) is 6.40. The summed E-state index contributed by atoms with van der Waals surface area (Å²) in [6, 6.07) is 7.38. The van der Waals surface area contributed by atoms with Crippen molar-refractivity contribution in [3.05, 3.63) is 54.6 Å². The van der Waals surface area contributed by atoms with Gasteiger partial charge in [-0.3, -0.25) is 9.88 Å². The Kier molecular flexibility index (Phi) is 5.62. The van der Waals surface area contributed by atoms with Crippen LogP contribution in [0.1, 0.15) is 11.7 Å². The molecule has 1 aliphatic heterocycles. The second kappa shape index (κ2) is 8.66. The molecule has 0 saturated carbocycles. The Morgan fingerprint density at radius 1 is 1.04 bits per heavy atom. The van der Waals surface area contributed by atoms with E-state index in [0.717, 1.165) is 43.5 Å². The molecule has 0 unspecified atom stereocenters. The highest BCUT2D eigenvalue weighted by atomic mass is 16.5. The number of hydrogen-bond acceptors (Lipinski definition) is 9. The summed E-state index contributed by atoms with van der Waals surface area (Å²) in [5.74, 6) is 3.56. The average Bonchev–Trinajstić information content (AvgIpc) is 3.21. The van der Waals surface area contributed by atoms with Gasteiger partial charge in [-0.05, 0) is 24.3 Å². The zero-order chi connectivity index (χ0) is 19.2. The number of methoxy groups -OCH3 is 1. The van der Waals surface area contributed by atoms with E-state index >= 15 is 0 Å². The topological polar surface area (TPSA) is 89.6 Å². The third-order valence-electron chi connectivity index (χ3n) is 4.54. The quantitative estimate of drug-likeness (QED) is 0.606. The van der Waals surface area contributed by atoms with Gasteiger partial charge in [-0.1, -0.05) is 5.16 Å². The molecule has 28 heavy (non-hydrogen) atoms. The molecule has 9 nitrogen and oxygen atoms in total. The fourth-order valence-electron chi connectivity index (χ4n) is 3.01. The molecule has 3 heterocycles. The number of nitrogens with zero attached hydrogens (tertiary/aromatic N) is 6. The Morgan fingerprint density at radius 3 is 2.54 bits per heavy atom. The first-order valence-electron chi connectivity index (χ1n) is 9.12. The molecule has 0 radical (unpaired) electrons. The summed E-state index contributed by atoms with van der Waals surface area (Å²) in [5, 5.41) is 4.00. The largest absolute Gasteiger partial charge is 0.497 e. The van der Waals surface area contributed by atoms with Crippen molar-refractivity contribution < 1.29 is 14.0 Å². The van der Waals surface area contributed by atoms with Crippen molar-refractivity contribution in [1.82, 2.24) is 25.0 Å². The Balaban J connectivity index is 1.24. The highest BCUT2D eigenvalue weighted by Crippen LogP contribution is 2.18. The molecule has 4 rings (SSSR count). The number of ether oxygens (including phenoxy) is 2. The Labute approximate surface area is 162 Å². The average molecular weight is 382 g/mol. The summed E-state index contributed by atoms with van der Waals surface area (Å²) in [6.45, 7) is 4.47. The van der Waals surface area contributed by atoms with E-state index in [1.807, 2.05) is 24.3 Å². The van der Waals surface area contributed by atoms with Gasteiger partial charge in [0.2, 0.25) is 11.7 Å². The molecule has 0 N–H and O–H groups in total.